The molecule has 7 nitrogen and oxygen atoms in total. The van der Waals surface area contributed by atoms with Crippen LogP contribution in [0, 0.1) is 5.82 Å². The fraction of sp³-hybridized carbons (Fsp3) is 0.211. The molecule has 28 heavy (non-hydrogen) atoms. The Hall–Kier alpha value is -3.04. The van der Waals surface area contributed by atoms with Gasteiger partial charge in [-0.05, 0) is 43.3 Å². The van der Waals surface area contributed by atoms with E-state index in [0.717, 1.165) is 15.2 Å². The summed E-state index contributed by atoms with van der Waals surface area (Å²) in [5.41, 5.74) is 5.39. The van der Waals surface area contributed by atoms with E-state index >= 15 is 0 Å². The molecular weight excluding hydrogens is 385 g/mol. The van der Waals surface area contributed by atoms with Crippen LogP contribution >= 0.6 is 11.3 Å². The first-order valence-electron chi connectivity index (χ1n) is 8.44. The number of carbonyl (C=O) groups excluding carboxylic acids is 2. The van der Waals surface area contributed by atoms with Crippen LogP contribution in [0.5, 0.6) is 5.75 Å². The van der Waals surface area contributed by atoms with Crippen LogP contribution in [0.3, 0.4) is 0 Å². The van der Waals surface area contributed by atoms with Crippen LogP contribution in [0.2, 0.25) is 0 Å². The monoisotopic (exact) mass is 403 g/mol. The first-order chi connectivity index (χ1) is 13.5. The summed E-state index contributed by atoms with van der Waals surface area (Å²) in [5.74, 6) is -1.12. The molecule has 0 aliphatic carbocycles. The van der Waals surface area contributed by atoms with Crippen molar-refractivity contribution in [2.24, 2.45) is 0 Å². The third kappa shape index (κ3) is 5.48. The Morgan fingerprint density at radius 2 is 1.89 bits per heavy atom. The van der Waals surface area contributed by atoms with E-state index in [0.29, 0.717) is 5.75 Å². The molecule has 1 aromatic heterocycles. The van der Waals surface area contributed by atoms with Crippen molar-refractivity contribution in [1.29, 1.82) is 0 Å². The molecule has 2 N–H and O–H groups in total. The van der Waals surface area contributed by atoms with Gasteiger partial charge >= 0.3 is 0 Å². The van der Waals surface area contributed by atoms with E-state index in [1.165, 1.54) is 42.5 Å². The first-order valence-corrected chi connectivity index (χ1v) is 9.26. The van der Waals surface area contributed by atoms with E-state index in [1.807, 2.05) is 24.3 Å². The van der Waals surface area contributed by atoms with Gasteiger partial charge in [-0.25, -0.2) is 9.37 Å². The van der Waals surface area contributed by atoms with Gasteiger partial charge in [0.2, 0.25) is 0 Å². The van der Waals surface area contributed by atoms with Crippen molar-refractivity contribution in [2.75, 3.05) is 6.61 Å². The number of amides is 2. The fourth-order valence-corrected chi connectivity index (χ4v) is 3.16. The summed E-state index contributed by atoms with van der Waals surface area (Å²) in [5, 5.41) is 0.763. The number of nitrogens with zero attached hydrogens (tertiary/aromatic N) is 1. The van der Waals surface area contributed by atoms with Gasteiger partial charge in [0.1, 0.15) is 23.2 Å². The van der Waals surface area contributed by atoms with Gasteiger partial charge in [0.25, 0.3) is 11.8 Å². The highest BCUT2D eigenvalue weighted by atomic mass is 32.1. The normalized spacial score (nSPS) is 11.8. The molecule has 2 amide bonds. The van der Waals surface area contributed by atoms with Crippen molar-refractivity contribution in [3.8, 4) is 5.75 Å². The number of halogens is 1. The fourth-order valence-electron chi connectivity index (χ4n) is 2.25. The number of hydrogen-bond acceptors (Lipinski definition) is 6. The zero-order valence-electron chi connectivity index (χ0n) is 15.0. The second-order valence-corrected chi connectivity index (χ2v) is 6.93. The van der Waals surface area contributed by atoms with Gasteiger partial charge in [0.05, 0.1) is 16.8 Å². The Balaban J connectivity index is 1.37. The molecule has 0 unspecified atom stereocenters. The van der Waals surface area contributed by atoms with E-state index in [4.69, 9.17) is 9.47 Å². The number of para-hydroxylation sites is 1. The maximum Gasteiger partial charge on any atom is 0.279 e. The predicted octanol–water partition coefficient (Wildman–Crippen LogP) is 2.57. The number of nitrogens with one attached hydrogen (secondary N) is 2. The molecule has 3 aromatic rings. The highest BCUT2D eigenvalue weighted by Crippen LogP contribution is 2.21. The van der Waals surface area contributed by atoms with Crippen LogP contribution < -0.4 is 15.6 Å². The lowest BCUT2D eigenvalue weighted by atomic mass is 10.3. The van der Waals surface area contributed by atoms with E-state index < -0.39 is 23.7 Å². The van der Waals surface area contributed by atoms with Crippen molar-refractivity contribution in [3.05, 3.63) is 59.4 Å². The average molecular weight is 403 g/mol. The number of hydrazine groups is 1. The molecular formula is C19H18FN3O4S. The number of fused-ring (bicyclic) bond motifs is 1. The Labute approximate surface area is 164 Å². The van der Waals surface area contributed by atoms with Crippen LogP contribution in [0.1, 0.15) is 11.9 Å². The molecule has 0 bridgehead atoms. The van der Waals surface area contributed by atoms with Crippen molar-refractivity contribution in [2.45, 2.75) is 19.6 Å². The molecule has 0 spiro atoms. The zero-order chi connectivity index (χ0) is 19.9. The summed E-state index contributed by atoms with van der Waals surface area (Å²) in [6, 6.07) is 13.0. The largest absolute Gasteiger partial charge is 0.481 e. The third-order valence-electron chi connectivity index (χ3n) is 3.62. The van der Waals surface area contributed by atoms with Crippen LogP contribution in [0.25, 0.3) is 10.2 Å². The van der Waals surface area contributed by atoms with Gasteiger partial charge in [-0.3, -0.25) is 20.4 Å². The van der Waals surface area contributed by atoms with Crippen molar-refractivity contribution in [3.63, 3.8) is 0 Å². The summed E-state index contributed by atoms with van der Waals surface area (Å²) in [4.78, 5) is 28.1. The molecule has 146 valence electrons. The number of ether oxygens (including phenoxy) is 2. The maximum absolute atomic E-state index is 12.9. The lowest BCUT2D eigenvalue weighted by Crippen LogP contribution is -2.48. The van der Waals surface area contributed by atoms with Gasteiger partial charge in [0.15, 0.2) is 6.10 Å². The van der Waals surface area contributed by atoms with Crippen LogP contribution in [0.15, 0.2) is 48.5 Å². The Bertz CT molecular complexity index is 928. The molecule has 0 radical (unpaired) electrons. The standard InChI is InChI=1S/C19H18FN3O4S/c1-12(27-14-8-6-13(20)7-9-14)19(25)23-22-17(24)10-26-11-18-21-15-4-2-3-5-16(15)28-18/h2-9,12H,10-11H2,1H3,(H,22,24)(H,23,25)/t12-/m0/s1. The molecule has 0 saturated carbocycles. The highest BCUT2D eigenvalue weighted by molar-refractivity contribution is 7.18. The number of benzene rings is 2. The molecule has 1 atom stereocenters. The number of aromatic nitrogens is 1. The van der Waals surface area contributed by atoms with E-state index in [9.17, 15) is 14.0 Å². The molecule has 0 aliphatic heterocycles. The van der Waals surface area contributed by atoms with Gasteiger partial charge in [0, 0.05) is 0 Å². The smallest absolute Gasteiger partial charge is 0.279 e. The van der Waals surface area contributed by atoms with Crippen LogP contribution in [0.4, 0.5) is 4.39 Å². The SMILES string of the molecule is C[C@H](Oc1ccc(F)cc1)C(=O)NNC(=O)COCc1nc2ccccc2s1. The number of hydrogen-bond donors (Lipinski definition) is 2. The van der Waals surface area contributed by atoms with Crippen LogP contribution in [-0.4, -0.2) is 29.5 Å². The molecule has 0 aliphatic rings. The molecule has 9 heteroatoms. The van der Waals surface area contributed by atoms with Gasteiger partial charge < -0.3 is 9.47 Å². The molecule has 1 heterocycles. The molecule has 3 rings (SSSR count). The van der Waals surface area contributed by atoms with Crippen molar-refractivity contribution < 1.29 is 23.5 Å². The van der Waals surface area contributed by atoms with E-state index in [-0.39, 0.29) is 13.2 Å². The van der Waals surface area contributed by atoms with Gasteiger partial charge in [-0.1, -0.05) is 12.1 Å². The van der Waals surface area contributed by atoms with E-state index in [2.05, 4.69) is 15.8 Å². The minimum Gasteiger partial charge on any atom is -0.481 e. The summed E-state index contributed by atoms with van der Waals surface area (Å²) >= 11 is 1.50. The molecule has 0 fully saturated rings. The minimum absolute atomic E-state index is 0.199. The lowest BCUT2D eigenvalue weighted by Gasteiger charge is -2.15. The summed E-state index contributed by atoms with van der Waals surface area (Å²) in [7, 11) is 0. The highest BCUT2D eigenvalue weighted by Gasteiger charge is 2.15. The average Bonchev–Trinajstić information content (AvgIpc) is 3.10. The van der Waals surface area contributed by atoms with Gasteiger partial charge in [-0.15, -0.1) is 11.3 Å². The first kappa shape index (κ1) is 19.7. The maximum atomic E-state index is 12.9. The zero-order valence-corrected chi connectivity index (χ0v) is 15.8. The number of thiazole rings is 1. The van der Waals surface area contributed by atoms with Crippen molar-refractivity contribution in [1.82, 2.24) is 15.8 Å². The van der Waals surface area contributed by atoms with Gasteiger partial charge in [-0.2, -0.15) is 0 Å². The van der Waals surface area contributed by atoms with E-state index in [1.54, 1.807) is 0 Å². The Morgan fingerprint density at radius 1 is 1.14 bits per heavy atom. The Morgan fingerprint density at radius 3 is 2.64 bits per heavy atom. The van der Waals surface area contributed by atoms with Crippen molar-refractivity contribution >= 4 is 33.4 Å². The molecule has 2 aromatic carbocycles. The second-order valence-electron chi connectivity index (χ2n) is 5.82. The topological polar surface area (TPSA) is 89.6 Å². The third-order valence-corrected chi connectivity index (χ3v) is 4.63. The lowest BCUT2D eigenvalue weighted by molar-refractivity contribution is -0.134. The number of carbonyl (C=O) groups is 2. The minimum atomic E-state index is -0.880. The second kappa shape index (κ2) is 9.25. The predicted molar refractivity (Wildman–Crippen MR) is 102 cm³/mol. The quantitative estimate of drug-likeness (QED) is 0.592. The summed E-state index contributed by atoms with van der Waals surface area (Å²) in [6.07, 6.45) is -0.880. The summed E-state index contributed by atoms with van der Waals surface area (Å²) < 4.78 is 24.6. The summed E-state index contributed by atoms with van der Waals surface area (Å²) in [6.45, 7) is 1.47. The number of rotatable bonds is 7. The molecule has 0 saturated heterocycles. The van der Waals surface area contributed by atoms with Crippen LogP contribution in [-0.2, 0) is 20.9 Å². The Kier molecular flexibility index (Phi) is 6.51.